The van der Waals surface area contributed by atoms with E-state index in [0.29, 0.717) is 28.1 Å². The third-order valence-electron chi connectivity index (χ3n) is 4.90. The van der Waals surface area contributed by atoms with Crippen molar-refractivity contribution in [3.8, 4) is 11.4 Å². The number of nitrogens with one attached hydrogen (secondary N) is 1. The lowest BCUT2D eigenvalue weighted by Gasteiger charge is -2.17. The summed E-state index contributed by atoms with van der Waals surface area (Å²) >= 11 is 6.07. The molecule has 1 N–H and O–H groups in total. The highest BCUT2D eigenvalue weighted by molar-refractivity contribution is 6.30. The molecule has 0 saturated heterocycles. The predicted octanol–water partition coefficient (Wildman–Crippen LogP) is 6.43. The number of rotatable bonds is 5. The van der Waals surface area contributed by atoms with Crippen molar-refractivity contribution in [1.29, 1.82) is 0 Å². The number of anilines is 1. The van der Waals surface area contributed by atoms with E-state index in [9.17, 15) is 4.39 Å². The van der Waals surface area contributed by atoms with Crippen molar-refractivity contribution in [2.24, 2.45) is 0 Å². The van der Waals surface area contributed by atoms with Crippen molar-refractivity contribution in [3.05, 3.63) is 76.4 Å². The number of hydrogen-bond donors (Lipinski definition) is 1. The van der Waals surface area contributed by atoms with E-state index in [1.54, 1.807) is 12.1 Å². The van der Waals surface area contributed by atoms with E-state index < -0.39 is 0 Å². The Morgan fingerprint density at radius 2 is 2.15 bits per heavy atom. The number of fused-ring (bicyclic) bond motifs is 1. The molecule has 3 nitrogen and oxygen atoms in total. The van der Waals surface area contributed by atoms with Crippen LogP contribution >= 0.6 is 11.6 Å². The van der Waals surface area contributed by atoms with Gasteiger partial charge in [-0.25, -0.2) is 14.4 Å². The van der Waals surface area contributed by atoms with Crippen molar-refractivity contribution < 1.29 is 4.39 Å². The van der Waals surface area contributed by atoms with E-state index in [1.807, 2.05) is 26.0 Å². The minimum Gasteiger partial charge on any atom is -0.340 e. The number of aromatic nitrogens is 2. The van der Waals surface area contributed by atoms with Crippen molar-refractivity contribution in [2.45, 2.75) is 39.5 Å². The topological polar surface area (TPSA) is 37.8 Å². The number of benzene rings is 1. The van der Waals surface area contributed by atoms with Crippen molar-refractivity contribution in [1.82, 2.24) is 9.97 Å². The van der Waals surface area contributed by atoms with Crippen LogP contribution in [0.25, 0.3) is 11.4 Å². The summed E-state index contributed by atoms with van der Waals surface area (Å²) in [5.41, 5.74) is 4.35. The first-order chi connectivity index (χ1) is 12.9. The molecule has 5 heteroatoms. The van der Waals surface area contributed by atoms with Crippen LogP contribution in [-0.4, -0.2) is 9.97 Å². The van der Waals surface area contributed by atoms with Crippen LogP contribution in [0.5, 0.6) is 0 Å². The monoisotopic (exact) mass is 383 g/mol. The quantitative estimate of drug-likeness (QED) is 0.604. The Hall–Kier alpha value is -2.46. The lowest BCUT2D eigenvalue weighted by molar-refractivity contribution is 0.630. The number of aryl methyl sites for hydroxylation is 1. The minimum atomic E-state index is -0.386. The first-order valence-electron chi connectivity index (χ1n) is 9.03. The summed E-state index contributed by atoms with van der Waals surface area (Å²) in [4.78, 5) is 9.33. The zero-order valence-corrected chi connectivity index (χ0v) is 16.6. The summed E-state index contributed by atoms with van der Waals surface area (Å²) in [6.07, 6.45) is 7.51. The summed E-state index contributed by atoms with van der Waals surface area (Å²) < 4.78 is 14.4. The zero-order valence-electron chi connectivity index (χ0n) is 15.8. The lowest BCUT2D eigenvalue weighted by atomic mass is 10.0. The van der Waals surface area contributed by atoms with E-state index in [2.05, 4.69) is 28.8 Å². The van der Waals surface area contributed by atoms with E-state index >= 15 is 0 Å². The van der Waals surface area contributed by atoms with Gasteiger partial charge in [0.2, 0.25) is 0 Å². The fraction of sp³-hybridized carbons (Fsp3) is 0.273. The van der Waals surface area contributed by atoms with Crippen LogP contribution in [0.3, 0.4) is 0 Å². The number of allylic oxidation sites excluding steroid dienone is 4. The van der Waals surface area contributed by atoms with Gasteiger partial charge in [-0.1, -0.05) is 37.3 Å². The van der Waals surface area contributed by atoms with Gasteiger partial charge in [0, 0.05) is 16.3 Å². The maximum atomic E-state index is 14.4. The van der Waals surface area contributed by atoms with Crippen LogP contribution < -0.4 is 5.32 Å². The summed E-state index contributed by atoms with van der Waals surface area (Å²) in [5.74, 6) is 1.02. The highest BCUT2D eigenvalue weighted by Gasteiger charge is 2.27. The highest BCUT2D eigenvalue weighted by atomic mass is 35.5. The van der Waals surface area contributed by atoms with Crippen LogP contribution in [0.15, 0.2) is 54.3 Å². The molecule has 1 aromatic heterocycles. The first-order valence-corrected chi connectivity index (χ1v) is 9.41. The van der Waals surface area contributed by atoms with Crippen molar-refractivity contribution >= 4 is 17.4 Å². The fourth-order valence-corrected chi connectivity index (χ4v) is 3.45. The lowest BCUT2D eigenvalue weighted by Crippen LogP contribution is -2.09. The van der Waals surface area contributed by atoms with E-state index in [0.717, 1.165) is 35.4 Å². The molecule has 1 aromatic carbocycles. The molecule has 1 aliphatic rings. The molecule has 0 bridgehead atoms. The van der Waals surface area contributed by atoms with E-state index in [1.165, 1.54) is 12.1 Å². The predicted molar refractivity (Wildman–Crippen MR) is 111 cm³/mol. The van der Waals surface area contributed by atoms with E-state index in [4.69, 9.17) is 11.6 Å². The van der Waals surface area contributed by atoms with Crippen LogP contribution in [0.2, 0.25) is 5.02 Å². The van der Waals surface area contributed by atoms with Crippen LogP contribution in [0.1, 0.15) is 44.4 Å². The van der Waals surface area contributed by atoms with Gasteiger partial charge in [0.15, 0.2) is 5.82 Å². The number of nitrogens with zero attached hydrogens (tertiary/aromatic N) is 2. The van der Waals surface area contributed by atoms with E-state index in [-0.39, 0.29) is 5.82 Å². The Bertz CT molecular complexity index is 947. The second kappa shape index (κ2) is 8.05. The molecule has 0 amide bonds. The van der Waals surface area contributed by atoms with Crippen LogP contribution in [0, 0.1) is 5.82 Å². The molecule has 1 unspecified atom stereocenters. The molecule has 0 aliphatic heterocycles. The number of hydrogen-bond acceptors (Lipinski definition) is 3. The molecule has 3 rings (SSSR count). The molecule has 0 saturated carbocycles. The molecule has 1 heterocycles. The van der Waals surface area contributed by atoms with Gasteiger partial charge in [-0.05, 0) is 62.5 Å². The van der Waals surface area contributed by atoms with Gasteiger partial charge in [0.05, 0.1) is 11.3 Å². The highest BCUT2D eigenvalue weighted by Crippen LogP contribution is 2.38. The zero-order chi connectivity index (χ0) is 19.6. The van der Waals surface area contributed by atoms with Gasteiger partial charge in [-0.2, -0.15) is 0 Å². The molecule has 0 spiro atoms. The van der Waals surface area contributed by atoms with Gasteiger partial charge < -0.3 is 5.32 Å². The number of halogens is 2. The third-order valence-corrected chi connectivity index (χ3v) is 5.13. The standard InChI is InChI=1S/C22H23ClFN3/c1-5-7-18(13(3)6-2)25-22-20-14(4)8-11-19(20)26-21(27-22)16-12-15(23)9-10-17(16)24/h5-7,9-10,12,14H,1,8,11H2,2-4H3,(H,25,26,27)/b13-6-,18-7+. The van der Waals surface area contributed by atoms with Crippen molar-refractivity contribution in [3.63, 3.8) is 0 Å². The summed E-state index contributed by atoms with van der Waals surface area (Å²) in [6, 6.07) is 4.44. The minimum absolute atomic E-state index is 0.310. The van der Waals surface area contributed by atoms with Gasteiger partial charge in [-0.3, -0.25) is 0 Å². The molecule has 0 fully saturated rings. The average molecular weight is 384 g/mol. The smallest absolute Gasteiger partial charge is 0.164 e. The molecular formula is C22H23ClFN3. The SMILES string of the molecule is C=C/C=C(Nc1nc(-c2cc(Cl)ccc2F)nc2c1C(C)CC2)\C(C)=C/C. The molecule has 140 valence electrons. The molecule has 2 aromatic rings. The van der Waals surface area contributed by atoms with Crippen LogP contribution in [0.4, 0.5) is 10.2 Å². The average Bonchev–Trinajstić information content (AvgIpc) is 3.03. The largest absolute Gasteiger partial charge is 0.340 e. The molecule has 1 atom stereocenters. The van der Waals surface area contributed by atoms with Gasteiger partial charge in [0.25, 0.3) is 0 Å². The third kappa shape index (κ3) is 3.96. The maximum Gasteiger partial charge on any atom is 0.164 e. The molecule has 0 radical (unpaired) electrons. The normalized spacial score (nSPS) is 17.0. The summed E-state index contributed by atoms with van der Waals surface area (Å²) in [5, 5.41) is 3.87. The Morgan fingerprint density at radius 3 is 2.85 bits per heavy atom. The second-order valence-corrected chi connectivity index (χ2v) is 7.17. The van der Waals surface area contributed by atoms with Crippen LogP contribution in [-0.2, 0) is 6.42 Å². The Labute approximate surface area is 164 Å². The van der Waals surface area contributed by atoms with Crippen molar-refractivity contribution in [2.75, 3.05) is 5.32 Å². The maximum absolute atomic E-state index is 14.4. The second-order valence-electron chi connectivity index (χ2n) is 6.73. The molecular weight excluding hydrogens is 361 g/mol. The molecule has 27 heavy (non-hydrogen) atoms. The van der Waals surface area contributed by atoms with Gasteiger partial charge in [-0.15, -0.1) is 0 Å². The summed E-state index contributed by atoms with van der Waals surface area (Å²) in [6.45, 7) is 9.96. The fourth-order valence-electron chi connectivity index (χ4n) is 3.28. The summed E-state index contributed by atoms with van der Waals surface area (Å²) in [7, 11) is 0. The van der Waals surface area contributed by atoms with Gasteiger partial charge in [0.1, 0.15) is 11.6 Å². The Kier molecular flexibility index (Phi) is 5.76. The Balaban J connectivity index is 2.15. The molecule has 1 aliphatic carbocycles. The first kappa shape index (κ1) is 19.3. The Morgan fingerprint density at radius 1 is 1.37 bits per heavy atom. The van der Waals surface area contributed by atoms with Gasteiger partial charge >= 0.3 is 0 Å².